The topological polar surface area (TPSA) is 114 Å². The third-order valence-corrected chi connectivity index (χ3v) is 9.41. The molecule has 1 aromatic heterocycles. The maximum Gasteiger partial charge on any atom is 0.263 e. The largest absolute Gasteiger partial charge is 0.377 e. The predicted molar refractivity (Wildman–Crippen MR) is 163 cm³/mol. The number of aryl methyl sites for hydroxylation is 1. The molecular formula is C32H40N4O5S. The minimum absolute atomic E-state index is 0.00815. The number of hydrogen-bond donors (Lipinski definition) is 1. The van der Waals surface area contributed by atoms with E-state index in [0.717, 1.165) is 61.9 Å². The van der Waals surface area contributed by atoms with Gasteiger partial charge in [-0.1, -0.05) is 67.7 Å². The number of amides is 1. The van der Waals surface area contributed by atoms with Gasteiger partial charge < -0.3 is 9.26 Å². The Morgan fingerprint density at radius 3 is 2.67 bits per heavy atom. The molecule has 1 fully saturated rings. The van der Waals surface area contributed by atoms with Gasteiger partial charge in [-0.3, -0.25) is 19.4 Å². The Bertz CT molecular complexity index is 1690. The number of carbonyl (C=O) groups excluding carboxylic acids is 1. The molecule has 0 radical (unpaired) electrons. The Morgan fingerprint density at radius 1 is 1.14 bits per heavy atom. The van der Waals surface area contributed by atoms with E-state index in [2.05, 4.69) is 16.8 Å². The molecule has 10 heteroatoms. The number of amidine groups is 1. The van der Waals surface area contributed by atoms with Crippen LogP contribution < -0.4 is 4.72 Å². The first-order valence-electron chi connectivity index (χ1n) is 16.1. The van der Waals surface area contributed by atoms with Crippen molar-refractivity contribution in [2.45, 2.75) is 96.2 Å². The molecule has 2 heterocycles. The summed E-state index contributed by atoms with van der Waals surface area (Å²) in [6.07, 6.45) is 6.28. The number of nitrogens with zero attached hydrogens (tertiary/aromatic N) is 3. The van der Waals surface area contributed by atoms with Gasteiger partial charge in [-0.2, -0.15) is 0 Å². The van der Waals surface area contributed by atoms with Gasteiger partial charge in [0.05, 0.1) is 18.0 Å². The van der Waals surface area contributed by atoms with Crippen LogP contribution in [0.1, 0.15) is 85.4 Å². The molecule has 0 unspecified atom stereocenters. The van der Waals surface area contributed by atoms with Crippen LogP contribution >= 0.6 is 0 Å². The molecule has 1 amide bonds. The highest BCUT2D eigenvalue weighted by molar-refractivity contribution is 7.92. The zero-order chi connectivity index (χ0) is 32.4. The molecule has 42 heavy (non-hydrogen) atoms. The van der Waals surface area contributed by atoms with Crippen molar-refractivity contribution in [1.82, 2.24) is 10.1 Å². The number of anilines is 1. The summed E-state index contributed by atoms with van der Waals surface area (Å²) in [7, 11) is -4.30. The highest BCUT2D eigenvalue weighted by Gasteiger charge is 2.49. The van der Waals surface area contributed by atoms with E-state index in [-0.39, 0.29) is 34.6 Å². The van der Waals surface area contributed by atoms with Crippen LogP contribution in [-0.4, -0.2) is 42.4 Å². The molecule has 0 saturated heterocycles. The maximum absolute atomic E-state index is 13.7. The van der Waals surface area contributed by atoms with Crippen molar-refractivity contribution in [3.05, 3.63) is 64.9 Å². The second-order valence-corrected chi connectivity index (χ2v) is 12.6. The number of nitrogens with one attached hydrogen (secondary N) is 1. The van der Waals surface area contributed by atoms with Crippen molar-refractivity contribution >= 4 is 27.6 Å². The summed E-state index contributed by atoms with van der Waals surface area (Å²) in [4.78, 5) is 20.5. The molecule has 1 N–H and O–H groups in total. The quantitative estimate of drug-likeness (QED) is 0.254. The van der Waals surface area contributed by atoms with Crippen LogP contribution in [0.15, 0.2) is 56.9 Å². The summed E-state index contributed by atoms with van der Waals surface area (Å²) in [5.74, 6) is 0.557. The Labute approximate surface area is 252 Å². The van der Waals surface area contributed by atoms with E-state index in [1.54, 1.807) is 18.2 Å². The zero-order valence-corrected chi connectivity index (χ0v) is 25.2. The standard InChI is InChI=1S/C32H40N4O5S/c1-5-7-14-29-33-32(17-10-11-18-32)31(37)36(29)20-24-15-16-26(25(19-24)21-40-6-2)27-12-8-9-13-28(27)42(38,39)35-30-22(3)23(4)41-34-30/h8-9,12-13,15-16,19H,5-7,10-11,14,17-18,20-21H2,1-4H3,(H,34,35)/i3D3. The summed E-state index contributed by atoms with van der Waals surface area (Å²) in [5, 5.41) is 3.68. The smallest absolute Gasteiger partial charge is 0.263 e. The van der Waals surface area contributed by atoms with Crippen LogP contribution in [-0.2, 0) is 32.7 Å². The van der Waals surface area contributed by atoms with Crippen LogP contribution in [0.2, 0.25) is 0 Å². The number of carbonyl (C=O) groups is 1. The fourth-order valence-electron chi connectivity index (χ4n) is 5.77. The normalized spacial score (nSPS) is 17.8. The summed E-state index contributed by atoms with van der Waals surface area (Å²) in [6, 6.07) is 12.2. The molecule has 1 saturated carbocycles. The van der Waals surface area contributed by atoms with Crippen molar-refractivity contribution in [3.63, 3.8) is 0 Å². The number of hydrogen-bond acceptors (Lipinski definition) is 7. The maximum atomic E-state index is 13.7. The van der Waals surface area contributed by atoms with Gasteiger partial charge in [0.25, 0.3) is 15.9 Å². The lowest BCUT2D eigenvalue weighted by Crippen LogP contribution is -2.40. The first-order valence-corrected chi connectivity index (χ1v) is 16.1. The van der Waals surface area contributed by atoms with Gasteiger partial charge in [0.15, 0.2) is 5.82 Å². The lowest BCUT2D eigenvalue weighted by Gasteiger charge is -2.23. The molecule has 3 aromatic rings. The van der Waals surface area contributed by atoms with Gasteiger partial charge in [-0.25, -0.2) is 8.42 Å². The fourth-order valence-corrected chi connectivity index (χ4v) is 7.00. The summed E-state index contributed by atoms with van der Waals surface area (Å²) in [5.41, 5.74) is 1.78. The van der Waals surface area contributed by atoms with Crippen LogP contribution in [0.5, 0.6) is 0 Å². The Hall–Kier alpha value is -3.50. The van der Waals surface area contributed by atoms with Gasteiger partial charge in [-0.05, 0) is 62.7 Å². The SMILES string of the molecule is [2H]C([2H])([2H])c1c(NS(=O)(=O)c2ccccc2-c2ccc(CN3C(=O)C4(CCCC4)N=C3CCCC)cc2COCC)noc1C. The molecule has 1 aliphatic carbocycles. The highest BCUT2D eigenvalue weighted by Crippen LogP contribution is 2.40. The van der Waals surface area contributed by atoms with Crippen LogP contribution in [0, 0.1) is 13.8 Å². The van der Waals surface area contributed by atoms with Crippen LogP contribution in [0.4, 0.5) is 5.82 Å². The molecule has 9 nitrogen and oxygen atoms in total. The minimum atomic E-state index is -4.30. The van der Waals surface area contributed by atoms with Gasteiger partial charge in [-0.15, -0.1) is 0 Å². The Kier molecular flexibility index (Phi) is 7.71. The minimum Gasteiger partial charge on any atom is -0.377 e. The van der Waals surface area contributed by atoms with Crippen molar-refractivity contribution in [3.8, 4) is 11.1 Å². The molecule has 0 bridgehead atoms. The fraction of sp³-hybridized carbons (Fsp3) is 0.469. The number of rotatable bonds is 12. The van der Waals surface area contributed by atoms with E-state index >= 15 is 0 Å². The van der Waals surface area contributed by atoms with E-state index in [9.17, 15) is 13.2 Å². The third-order valence-electron chi connectivity index (χ3n) is 8.02. The van der Waals surface area contributed by atoms with Crippen LogP contribution in [0.25, 0.3) is 11.1 Å². The molecule has 0 atom stereocenters. The van der Waals surface area contributed by atoms with Gasteiger partial charge in [0, 0.05) is 28.3 Å². The summed E-state index contributed by atoms with van der Waals surface area (Å²) < 4.78 is 64.0. The average Bonchev–Trinajstić information content (AvgIpc) is 3.69. The van der Waals surface area contributed by atoms with Crippen molar-refractivity contribution < 1.29 is 26.6 Å². The Balaban J connectivity index is 1.49. The first-order chi connectivity index (χ1) is 21.4. The number of aliphatic imine (C=N–C) groups is 1. The lowest BCUT2D eigenvalue weighted by molar-refractivity contribution is -0.131. The zero-order valence-electron chi connectivity index (χ0n) is 27.4. The third kappa shape index (κ3) is 5.87. The molecule has 224 valence electrons. The number of ether oxygens (including phenoxy) is 1. The number of sulfonamides is 1. The van der Waals surface area contributed by atoms with E-state index in [4.69, 9.17) is 18.4 Å². The van der Waals surface area contributed by atoms with Gasteiger partial charge >= 0.3 is 0 Å². The lowest BCUT2D eigenvalue weighted by atomic mass is 9.96. The second-order valence-electron chi connectivity index (χ2n) is 11.0. The summed E-state index contributed by atoms with van der Waals surface area (Å²) in [6.45, 7) is 3.85. The van der Waals surface area contributed by atoms with Crippen molar-refractivity contribution in [2.24, 2.45) is 4.99 Å². The monoisotopic (exact) mass is 595 g/mol. The van der Waals surface area contributed by atoms with Gasteiger partial charge in [0.2, 0.25) is 0 Å². The molecule has 2 aromatic carbocycles. The summed E-state index contributed by atoms with van der Waals surface area (Å²) >= 11 is 0. The molecule has 1 aliphatic heterocycles. The second kappa shape index (κ2) is 12.4. The number of aromatic nitrogens is 1. The van der Waals surface area contributed by atoms with E-state index in [1.165, 1.54) is 13.0 Å². The van der Waals surface area contributed by atoms with E-state index in [1.807, 2.05) is 30.0 Å². The van der Waals surface area contributed by atoms with Crippen molar-refractivity contribution in [2.75, 3.05) is 11.3 Å². The predicted octanol–water partition coefficient (Wildman–Crippen LogP) is 6.54. The molecule has 5 rings (SSSR count). The Morgan fingerprint density at radius 2 is 1.93 bits per heavy atom. The van der Waals surface area contributed by atoms with Crippen LogP contribution in [0.3, 0.4) is 0 Å². The van der Waals surface area contributed by atoms with Crippen molar-refractivity contribution in [1.29, 1.82) is 0 Å². The number of benzene rings is 2. The first kappa shape index (κ1) is 26.2. The molecule has 2 aliphatic rings. The average molecular weight is 596 g/mol. The highest BCUT2D eigenvalue weighted by atomic mass is 32.2. The van der Waals surface area contributed by atoms with E-state index < -0.39 is 22.4 Å². The number of unbranched alkanes of at least 4 members (excludes halogenated alkanes) is 1. The van der Waals surface area contributed by atoms with Gasteiger partial charge in [0.1, 0.15) is 17.1 Å². The molecule has 1 spiro atoms. The molecular weight excluding hydrogens is 552 g/mol. The van der Waals surface area contributed by atoms with E-state index in [0.29, 0.717) is 24.3 Å².